The number of hydrogen-bond acceptors (Lipinski definition) is 3. The number of hydrogen-bond donors (Lipinski definition) is 2. The molecule has 0 aliphatic rings. The van der Waals surface area contributed by atoms with Gasteiger partial charge in [0.2, 0.25) is 0 Å². The zero-order chi connectivity index (χ0) is 12.4. The minimum absolute atomic E-state index is 0.291. The SMILES string of the molecule is NNC(c1ccc(Br)cc1F)c1cscc1Br. The van der Waals surface area contributed by atoms with E-state index in [0.29, 0.717) is 10.0 Å². The Balaban J connectivity index is 2.46. The van der Waals surface area contributed by atoms with Gasteiger partial charge in [-0.2, -0.15) is 11.3 Å². The van der Waals surface area contributed by atoms with Crippen molar-refractivity contribution < 1.29 is 4.39 Å². The molecule has 0 fully saturated rings. The molecule has 2 aromatic rings. The molecular formula is C11H9Br2FN2S. The quantitative estimate of drug-likeness (QED) is 0.625. The molecule has 0 aliphatic heterocycles. The van der Waals surface area contributed by atoms with Gasteiger partial charge in [-0.1, -0.05) is 22.0 Å². The number of benzene rings is 1. The summed E-state index contributed by atoms with van der Waals surface area (Å²) in [6, 6.07) is 4.58. The number of halogens is 3. The number of thiophene rings is 1. The highest BCUT2D eigenvalue weighted by molar-refractivity contribution is 9.10. The van der Waals surface area contributed by atoms with E-state index >= 15 is 0 Å². The van der Waals surface area contributed by atoms with Crippen molar-refractivity contribution in [1.29, 1.82) is 0 Å². The fourth-order valence-electron chi connectivity index (χ4n) is 1.58. The summed E-state index contributed by atoms with van der Waals surface area (Å²) in [7, 11) is 0. The van der Waals surface area contributed by atoms with Gasteiger partial charge in [0, 0.05) is 19.9 Å². The molecule has 1 aromatic carbocycles. The van der Waals surface area contributed by atoms with Crippen molar-refractivity contribution in [2.24, 2.45) is 5.84 Å². The van der Waals surface area contributed by atoms with Gasteiger partial charge in [-0.3, -0.25) is 5.84 Å². The maximum absolute atomic E-state index is 13.9. The monoisotopic (exact) mass is 378 g/mol. The van der Waals surface area contributed by atoms with E-state index in [1.807, 2.05) is 10.8 Å². The summed E-state index contributed by atoms with van der Waals surface area (Å²) in [6.07, 6.45) is 0. The molecule has 1 atom stereocenters. The molecule has 0 aliphatic carbocycles. The Kier molecular flexibility index (Phi) is 4.32. The Labute approximate surface area is 119 Å². The molecule has 0 saturated carbocycles. The highest BCUT2D eigenvalue weighted by atomic mass is 79.9. The minimum Gasteiger partial charge on any atom is -0.271 e. The first-order valence-electron chi connectivity index (χ1n) is 4.76. The van der Waals surface area contributed by atoms with Gasteiger partial charge in [0.25, 0.3) is 0 Å². The smallest absolute Gasteiger partial charge is 0.129 e. The van der Waals surface area contributed by atoms with Crippen LogP contribution in [-0.2, 0) is 0 Å². The first-order chi connectivity index (χ1) is 8.13. The van der Waals surface area contributed by atoms with E-state index in [1.165, 1.54) is 17.4 Å². The summed E-state index contributed by atoms with van der Waals surface area (Å²) in [5.74, 6) is 5.24. The fourth-order valence-corrected chi connectivity index (χ4v) is 3.47. The van der Waals surface area contributed by atoms with Crippen molar-refractivity contribution in [3.05, 3.63) is 54.8 Å². The predicted octanol–water partition coefficient (Wildman–Crippen LogP) is 3.96. The van der Waals surface area contributed by atoms with Crippen LogP contribution in [0, 0.1) is 5.82 Å². The van der Waals surface area contributed by atoms with Crippen LogP contribution in [0.1, 0.15) is 17.2 Å². The first-order valence-corrected chi connectivity index (χ1v) is 7.29. The molecule has 0 radical (unpaired) electrons. The second-order valence-electron chi connectivity index (χ2n) is 3.44. The topological polar surface area (TPSA) is 38.0 Å². The van der Waals surface area contributed by atoms with Crippen LogP contribution in [0.5, 0.6) is 0 Å². The lowest BCUT2D eigenvalue weighted by Crippen LogP contribution is -2.29. The summed E-state index contributed by atoms with van der Waals surface area (Å²) >= 11 is 8.20. The Hall–Kier alpha value is -0.270. The molecule has 2 rings (SSSR count). The molecule has 90 valence electrons. The molecule has 0 bridgehead atoms. The van der Waals surface area contributed by atoms with Crippen molar-refractivity contribution in [1.82, 2.24) is 5.43 Å². The zero-order valence-corrected chi connectivity index (χ0v) is 12.6. The lowest BCUT2D eigenvalue weighted by atomic mass is 10.0. The fraction of sp³-hybridized carbons (Fsp3) is 0.0909. The minimum atomic E-state index is -0.358. The van der Waals surface area contributed by atoms with Gasteiger partial charge in [-0.15, -0.1) is 0 Å². The molecule has 1 heterocycles. The van der Waals surface area contributed by atoms with Crippen LogP contribution >= 0.6 is 43.2 Å². The molecule has 6 heteroatoms. The van der Waals surface area contributed by atoms with Crippen molar-refractivity contribution in [3.63, 3.8) is 0 Å². The number of nitrogens with one attached hydrogen (secondary N) is 1. The van der Waals surface area contributed by atoms with Crippen LogP contribution in [-0.4, -0.2) is 0 Å². The number of nitrogens with two attached hydrogens (primary N) is 1. The predicted molar refractivity (Wildman–Crippen MR) is 75.3 cm³/mol. The maximum Gasteiger partial charge on any atom is 0.129 e. The van der Waals surface area contributed by atoms with Crippen molar-refractivity contribution in [3.8, 4) is 0 Å². The largest absolute Gasteiger partial charge is 0.271 e. The Bertz CT molecular complexity index is 530. The standard InChI is InChI=1S/C11H9Br2FN2S/c12-6-1-2-7(10(14)3-6)11(16-15)8-4-17-5-9(8)13/h1-5,11,16H,15H2. The van der Waals surface area contributed by atoms with E-state index in [4.69, 9.17) is 5.84 Å². The van der Waals surface area contributed by atoms with Gasteiger partial charge in [0.1, 0.15) is 5.82 Å². The highest BCUT2D eigenvalue weighted by Crippen LogP contribution is 2.32. The van der Waals surface area contributed by atoms with Crippen LogP contribution in [0.15, 0.2) is 37.9 Å². The molecule has 0 spiro atoms. The van der Waals surface area contributed by atoms with E-state index < -0.39 is 0 Å². The lowest BCUT2D eigenvalue weighted by Gasteiger charge is -2.17. The Morgan fingerprint density at radius 3 is 2.53 bits per heavy atom. The molecule has 3 N–H and O–H groups in total. The Morgan fingerprint density at radius 2 is 2.00 bits per heavy atom. The van der Waals surface area contributed by atoms with Crippen LogP contribution in [0.2, 0.25) is 0 Å². The highest BCUT2D eigenvalue weighted by Gasteiger charge is 2.19. The Morgan fingerprint density at radius 1 is 1.24 bits per heavy atom. The number of rotatable bonds is 3. The van der Waals surface area contributed by atoms with Crippen LogP contribution < -0.4 is 11.3 Å². The van der Waals surface area contributed by atoms with Crippen molar-refractivity contribution in [2.75, 3.05) is 0 Å². The van der Waals surface area contributed by atoms with E-state index in [2.05, 4.69) is 37.3 Å². The van der Waals surface area contributed by atoms with Gasteiger partial charge in [-0.25, -0.2) is 9.82 Å². The molecule has 17 heavy (non-hydrogen) atoms. The van der Waals surface area contributed by atoms with Gasteiger partial charge in [0.05, 0.1) is 6.04 Å². The summed E-state index contributed by atoms with van der Waals surface area (Å²) in [5.41, 5.74) is 4.10. The van der Waals surface area contributed by atoms with Crippen molar-refractivity contribution in [2.45, 2.75) is 6.04 Å². The summed E-state index contributed by atoms with van der Waals surface area (Å²) in [5, 5.41) is 3.88. The molecule has 0 saturated heterocycles. The molecule has 2 nitrogen and oxygen atoms in total. The maximum atomic E-state index is 13.9. The average Bonchev–Trinajstić information content (AvgIpc) is 2.69. The van der Waals surface area contributed by atoms with Crippen LogP contribution in [0.3, 0.4) is 0 Å². The van der Waals surface area contributed by atoms with E-state index in [9.17, 15) is 4.39 Å². The lowest BCUT2D eigenvalue weighted by molar-refractivity contribution is 0.559. The number of hydrazine groups is 1. The van der Waals surface area contributed by atoms with E-state index in [-0.39, 0.29) is 11.9 Å². The molecule has 1 unspecified atom stereocenters. The molecule has 1 aromatic heterocycles. The van der Waals surface area contributed by atoms with Gasteiger partial charge in [-0.05, 0) is 39.0 Å². The van der Waals surface area contributed by atoms with Gasteiger partial charge < -0.3 is 0 Å². The summed E-state index contributed by atoms with van der Waals surface area (Å²) < 4.78 is 15.5. The van der Waals surface area contributed by atoms with Gasteiger partial charge in [0.15, 0.2) is 0 Å². The van der Waals surface area contributed by atoms with E-state index in [1.54, 1.807) is 12.1 Å². The average molecular weight is 380 g/mol. The van der Waals surface area contributed by atoms with Gasteiger partial charge >= 0.3 is 0 Å². The van der Waals surface area contributed by atoms with E-state index in [0.717, 1.165) is 10.0 Å². The third-order valence-corrected chi connectivity index (χ3v) is 4.64. The summed E-state index contributed by atoms with van der Waals surface area (Å²) in [4.78, 5) is 0. The summed E-state index contributed by atoms with van der Waals surface area (Å²) in [6.45, 7) is 0. The molecule has 0 amide bonds. The third-order valence-electron chi connectivity index (χ3n) is 2.39. The van der Waals surface area contributed by atoms with Crippen LogP contribution in [0.4, 0.5) is 4.39 Å². The molecular weight excluding hydrogens is 371 g/mol. The second-order valence-corrected chi connectivity index (χ2v) is 5.95. The van der Waals surface area contributed by atoms with Crippen LogP contribution in [0.25, 0.3) is 0 Å². The zero-order valence-electron chi connectivity index (χ0n) is 8.58. The van der Waals surface area contributed by atoms with Crippen molar-refractivity contribution >= 4 is 43.2 Å². The second kappa shape index (κ2) is 5.58. The first kappa shape index (κ1) is 13.2. The normalized spacial score (nSPS) is 12.7. The third kappa shape index (κ3) is 2.77.